The predicted molar refractivity (Wildman–Crippen MR) is 72.6 cm³/mol. The predicted octanol–water partition coefficient (Wildman–Crippen LogP) is 1.56. The first kappa shape index (κ1) is 14.5. The summed E-state index contributed by atoms with van der Waals surface area (Å²) in [6, 6.07) is 8.15. The molecule has 1 rings (SSSR count). The van der Waals surface area contributed by atoms with E-state index < -0.39 is 0 Å². The van der Waals surface area contributed by atoms with Crippen LogP contribution in [0.15, 0.2) is 24.3 Å². The van der Waals surface area contributed by atoms with Gasteiger partial charge < -0.3 is 15.3 Å². The minimum absolute atomic E-state index is 0.000853. The molecule has 1 aromatic carbocycles. The molecular formula is C14H22N2O2. The van der Waals surface area contributed by atoms with Crippen LogP contribution in [0.4, 0.5) is 4.79 Å². The Balaban J connectivity index is 2.35. The molecule has 0 radical (unpaired) electrons. The van der Waals surface area contributed by atoms with E-state index in [1.165, 1.54) is 11.1 Å². The third kappa shape index (κ3) is 4.75. The lowest BCUT2D eigenvalue weighted by Gasteiger charge is -2.20. The average molecular weight is 250 g/mol. The fourth-order valence-corrected chi connectivity index (χ4v) is 1.82. The van der Waals surface area contributed by atoms with Gasteiger partial charge in [0.2, 0.25) is 0 Å². The van der Waals surface area contributed by atoms with Crippen LogP contribution in [0.1, 0.15) is 18.1 Å². The molecule has 0 fully saturated rings. The van der Waals surface area contributed by atoms with E-state index in [4.69, 9.17) is 5.11 Å². The minimum Gasteiger partial charge on any atom is -0.395 e. The van der Waals surface area contributed by atoms with Gasteiger partial charge in [-0.3, -0.25) is 0 Å². The van der Waals surface area contributed by atoms with E-state index in [1.807, 2.05) is 13.0 Å². The number of benzene rings is 1. The summed E-state index contributed by atoms with van der Waals surface area (Å²) in [5, 5.41) is 11.7. The van der Waals surface area contributed by atoms with Crippen molar-refractivity contribution in [2.45, 2.75) is 20.3 Å². The van der Waals surface area contributed by atoms with E-state index >= 15 is 0 Å². The van der Waals surface area contributed by atoms with Crippen molar-refractivity contribution in [2.24, 2.45) is 0 Å². The second kappa shape index (κ2) is 7.71. The van der Waals surface area contributed by atoms with Gasteiger partial charge in [0.15, 0.2) is 0 Å². The van der Waals surface area contributed by atoms with Crippen LogP contribution in [-0.2, 0) is 6.42 Å². The van der Waals surface area contributed by atoms with Gasteiger partial charge in [-0.15, -0.1) is 0 Å². The van der Waals surface area contributed by atoms with Crippen LogP contribution in [0.25, 0.3) is 0 Å². The molecular weight excluding hydrogens is 228 g/mol. The third-order valence-corrected chi connectivity index (χ3v) is 2.81. The number of likely N-dealkylation sites (N-methyl/N-ethyl adjacent to an activating group) is 1. The molecule has 0 aliphatic heterocycles. The molecule has 0 bridgehead atoms. The van der Waals surface area contributed by atoms with E-state index in [0.717, 1.165) is 6.42 Å². The quantitative estimate of drug-likeness (QED) is 0.805. The zero-order valence-corrected chi connectivity index (χ0v) is 11.1. The van der Waals surface area contributed by atoms with Crippen LogP contribution < -0.4 is 5.32 Å². The number of amides is 2. The van der Waals surface area contributed by atoms with Crippen LogP contribution in [0.2, 0.25) is 0 Å². The molecule has 0 atom stereocenters. The second-order valence-electron chi connectivity index (χ2n) is 4.27. The van der Waals surface area contributed by atoms with Gasteiger partial charge in [0, 0.05) is 19.6 Å². The maximum Gasteiger partial charge on any atom is 0.317 e. The van der Waals surface area contributed by atoms with Crippen molar-refractivity contribution < 1.29 is 9.90 Å². The fraction of sp³-hybridized carbons (Fsp3) is 0.500. The molecule has 2 N–H and O–H groups in total. The third-order valence-electron chi connectivity index (χ3n) is 2.81. The van der Waals surface area contributed by atoms with E-state index in [2.05, 4.69) is 30.4 Å². The Bertz CT molecular complexity index is 380. The highest BCUT2D eigenvalue weighted by Gasteiger charge is 2.09. The first-order chi connectivity index (χ1) is 8.67. The Kier molecular flexibility index (Phi) is 6.22. The van der Waals surface area contributed by atoms with Crippen LogP contribution in [0.5, 0.6) is 0 Å². The number of aliphatic hydroxyl groups excluding tert-OH is 1. The van der Waals surface area contributed by atoms with Crippen LogP contribution in [0, 0.1) is 6.92 Å². The number of carbonyl (C=O) groups is 1. The van der Waals surface area contributed by atoms with Crippen LogP contribution in [0.3, 0.4) is 0 Å². The van der Waals surface area contributed by atoms with Crippen molar-refractivity contribution in [1.82, 2.24) is 10.2 Å². The SMILES string of the molecule is CCN(CCO)C(=O)NCCc1cccc(C)c1. The zero-order valence-electron chi connectivity index (χ0n) is 11.1. The number of urea groups is 1. The summed E-state index contributed by atoms with van der Waals surface area (Å²) in [6.07, 6.45) is 0.824. The highest BCUT2D eigenvalue weighted by Crippen LogP contribution is 2.04. The number of aryl methyl sites for hydroxylation is 1. The molecule has 0 saturated heterocycles. The molecule has 4 nitrogen and oxygen atoms in total. The van der Waals surface area contributed by atoms with Crippen molar-refractivity contribution in [1.29, 1.82) is 0 Å². The fourth-order valence-electron chi connectivity index (χ4n) is 1.82. The molecule has 0 heterocycles. The maximum absolute atomic E-state index is 11.7. The number of aliphatic hydroxyl groups is 1. The second-order valence-corrected chi connectivity index (χ2v) is 4.27. The number of hydrogen-bond donors (Lipinski definition) is 2. The molecule has 0 spiro atoms. The molecule has 100 valence electrons. The van der Waals surface area contributed by atoms with Gasteiger partial charge in [0.25, 0.3) is 0 Å². The summed E-state index contributed by atoms with van der Waals surface area (Å²) in [6.45, 7) is 5.56. The van der Waals surface area contributed by atoms with Crippen LogP contribution in [-0.4, -0.2) is 42.3 Å². The van der Waals surface area contributed by atoms with Crippen molar-refractivity contribution in [3.63, 3.8) is 0 Å². The number of carbonyl (C=O) groups excluding carboxylic acids is 1. The van der Waals surface area contributed by atoms with Gasteiger partial charge in [0.1, 0.15) is 0 Å². The summed E-state index contributed by atoms with van der Waals surface area (Å²) >= 11 is 0. The molecule has 0 aliphatic rings. The number of hydrogen-bond acceptors (Lipinski definition) is 2. The van der Waals surface area contributed by atoms with Gasteiger partial charge in [0.05, 0.1) is 6.61 Å². The number of nitrogens with zero attached hydrogens (tertiary/aromatic N) is 1. The van der Waals surface area contributed by atoms with E-state index in [9.17, 15) is 4.79 Å². The first-order valence-electron chi connectivity index (χ1n) is 6.36. The van der Waals surface area contributed by atoms with Crippen LogP contribution >= 0.6 is 0 Å². The summed E-state index contributed by atoms with van der Waals surface area (Å²) in [5.41, 5.74) is 2.45. The van der Waals surface area contributed by atoms with Crippen molar-refractivity contribution in [3.8, 4) is 0 Å². The molecule has 2 amide bonds. The van der Waals surface area contributed by atoms with E-state index in [1.54, 1.807) is 4.90 Å². The Morgan fingerprint density at radius 1 is 1.44 bits per heavy atom. The minimum atomic E-state index is -0.112. The maximum atomic E-state index is 11.7. The molecule has 1 aromatic rings. The lowest BCUT2D eigenvalue weighted by atomic mass is 10.1. The number of rotatable bonds is 6. The molecule has 4 heteroatoms. The van der Waals surface area contributed by atoms with E-state index in [0.29, 0.717) is 19.6 Å². The lowest BCUT2D eigenvalue weighted by Crippen LogP contribution is -2.42. The molecule has 0 aromatic heterocycles. The van der Waals surface area contributed by atoms with Crippen molar-refractivity contribution in [3.05, 3.63) is 35.4 Å². The Labute approximate surface area is 109 Å². The van der Waals surface area contributed by atoms with Gasteiger partial charge >= 0.3 is 6.03 Å². The largest absolute Gasteiger partial charge is 0.395 e. The first-order valence-corrected chi connectivity index (χ1v) is 6.36. The van der Waals surface area contributed by atoms with Gasteiger partial charge in [-0.2, -0.15) is 0 Å². The molecule has 0 aliphatic carbocycles. The topological polar surface area (TPSA) is 52.6 Å². The Morgan fingerprint density at radius 3 is 2.83 bits per heavy atom. The molecule has 18 heavy (non-hydrogen) atoms. The highest BCUT2D eigenvalue weighted by atomic mass is 16.3. The highest BCUT2D eigenvalue weighted by molar-refractivity contribution is 5.74. The van der Waals surface area contributed by atoms with Gasteiger partial charge in [-0.25, -0.2) is 4.79 Å². The van der Waals surface area contributed by atoms with Crippen molar-refractivity contribution in [2.75, 3.05) is 26.2 Å². The van der Waals surface area contributed by atoms with E-state index in [-0.39, 0.29) is 12.6 Å². The molecule has 0 saturated carbocycles. The lowest BCUT2D eigenvalue weighted by molar-refractivity contribution is 0.180. The normalized spacial score (nSPS) is 10.2. The van der Waals surface area contributed by atoms with Crippen molar-refractivity contribution >= 4 is 6.03 Å². The summed E-state index contributed by atoms with van der Waals surface area (Å²) in [5.74, 6) is 0. The zero-order chi connectivity index (χ0) is 13.4. The van der Waals surface area contributed by atoms with Gasteiger partial charge in [-0.1, -0.05) is 29.8 Å². The van der Waals surface area contributed by atoms with Gasteiger partial charge in [-0.05, 0) is 25.8 Å². The summed E-state index contributed by atoms with van der Waals surface area (Å²) < 4.78 is 0. The summed E-state index contributed by atoms with van der Waals surface area (Å²) in [7, 11) is 0. The summed E-state index contributed by atoms with van der Waals surface area (Å²) in [4.78, 5) is 13.3. The smallest absolute Gasteiger partial charge is 0.317 e. The monoisotopic (exact) mass is 250 g/mol. The number of nitrogens with one attached hydrogen (secondary N) is 1. The average Bonchev–Trinajstić information content (AvgIpc) is 2.36. The molecule has 0 unspecified atom stereocenters. The Hall–Kier alpha value is -1.55. The Morgan fingerprint density at radius 2 is 2.22 bits per heavy atom. The standard InChI is InChI=1S/C14H22N2O2/c1-3-16(9-10-17)14(18)15-8-7-13-6-4-5-12(2)11-13/h4-6,11,17H,3,7-10H2,1-2H3,(H,15,18).